The summed E-state index contributed by atoms with van der Waals surface area (Å²) in [5.41, 5.74) is 1.45. The van der Waals surface area contributed by atoms with Gasteiger partial charge < -0.3 is 0 Å². The summed E-state index contributed by atoms with van der Waals surface area (Å²) in [6.07, 6.45) is 5.16. The number of terminal acetylenes is 1. The normalized spacial score (nSPS) is 9.92. The molecule has 1 rings (SSSR count). The van der Waals surface area contributed by atoms with Crippen molar-refractivity contribution in [1.29, 1.82) is 0 Å². The van der Waals surface area contributed by atoms with E-state index in [1.165, 1.54) is 12.1 Å². The minimum atomic E-state index is -0.276. The van der Waals surface area contributed by atoms with Crippen molar-refractivity contribution < 1.29 is 4.39 Å². The fraction of sp³-hybridized carbons (Fsp3) is 0.182. The van der Waals surface area contributed by atoms with Crippen LogP contribution < -0.4 is 0 Å². The molecule has 0 fully saturated rings. The van der Waals surface area contributed by atoms with E-state index in [0.717, 1.165) is 11.5 Å². The van der Waals surface area contributed by atoms with Crippen molar-refractivity contribution in [2.45, 2.75) is 13.8 Å². The minimum Gasteiger partial charge on any atom is -0.207 e. The lowest BCUT2D eigenvalue weighted by atomic mass is 10.0. The molecule has 1 heteroatoms. The van der Waals surface area contributed by atoms with Gasteiger partial charge in [-0.1, -0.05) is 19.8 Å². The van der Waals surface area contributed by atoms with E-state index in [1.54, 1.807) is 6.07 Å². The fourth-order valence-electron chi connectivity index (χ4n) is 0.962. The van der Waals surface area contributed by atoms with Crippen molar-refractivity contribution in [1.82, 2.24) is 0 Å². The number of hydrogen-bond acceptors (Lipinski definition) is 0. The highest BCUT2D eigenvalue weighted by molar-refractivity contribution is 5.40. The van der Waals surface area contributed by atoms with Gasteiger partial charge in [0.1, 0.15) is 5.82 Å². The molecule has 0 bridgehead atoms. The predicted molar refractivity (Wildman–Crippen MR) is 48.0 cm³/mol. The van der Waals surface area contributed by atoms with Crippen molar-refractivity contribution in [3.8, 4) is 12.3 Å². The van der Waals surface area contributed by atoms with E-state index in [-0.39, 0.29) is 5.82 Å². The molecule has 0 aliphatic rings. The molecule has 0 heterocycles. The van der Waals surface area contributed by atoms with E-state index < -0.39 is 0 Å². The Labute approximate surface area is 72.4 Å². The van der Waals surface area contributed by atoms with Crippen molar-refractivity contribution in [3.05, 3.63) is 41.1 Å². The van der Waals surface area contributed by atoms with Crippen LogP contribution in [0.15, 0.2) is 18.2 Å². The van der Waals surface area contributed by atoms with E-state index in [4.69, 9.17) is 6.42 Å². The maximum Gasteiger partial charge on any atom is 0.124 e. The van der Waals surface area contributed by atoms with Crippen LogP contribution in [-0.2, 0) is 0 Å². The van der Waals surface area contributed by atoms with Gasteiger partial charge in [0.05, 0.1) is 0 Å². The Kier molecular flexibility index (Phi) is 2.50. The molecule has 0 amide bonds. The zero-order chi connectivity index (χ0) is 9.14. The SMILES string of the molecule is C#Cc1cc(F)cc([C](C)C)c1. The van der Waals surface area contributed by atoms with Gasteiger partial charge in [-0.3, -0.25) is 0 Å². The van der Waals surface area contributed by atoms with Crippen LogP contribution in [0.2, 0.25) is 0 Å². The maximum atomic E-state index is 12.9. The van der Waals surface area contributed by atoms with Crippen molar-refractivity contribution in [2.75, 3.05) is 0 Å². The molecule has 1 aromatic carbocycles. The van der Waals surface area contributed by atoms with Crippen LogP contribution >= 0.6 is 0 Å². The molecule has 0 aliphatic heterocycles. The van der Waals surface area contributed by atoms with Gasteiger partial charge in [0.2, 0.25) is 0 Å². The van der Waals surface area contributed by atoms with Gasteiger partial charge in [0.15, 0.2) is 0 Å². The molecule has 0 aromatic heterocycles. The lowest BCUT2D eigenvalue weighted by molar-refractivity contribution is 0.626. The summed E-state index contributed by atoms with van der Waals surface area (Å²) in [4.78, 5) is 0. The van der Waals surface area contributed by atoms with Gasteiger partial charge in [-0.05, 0) is 29.7 Å². The van der Waals surface area contributed by atoms with Crippen LogP contribution in [0, 0.1) is 24.1 Å². The summed E-state index contributed by atoms with van der Waals surface area (Å²) >= 11 is 0. The number of hydrogen-bond donors (Lipinski definition) is 0. The third kappa shape index (κ3) is 1.85. The fourth-order valence-corrected chi connectivity index (χ4v) is 0.962. The first-order valence-corrected chi connectivity index (χ1v) is 3.71. The van der Waals surface area contributed by atoms with E-state index in [1.807, 2.05) is 13.8 Å². The third-order valence-corrected chi connectivity index (χ3v) is 1.64. The van der Waals surface area contributed by atoms with Crippen LogP contribution in [0.1, 0.15) is 25.0 Å². The van der Waals surface area contributed by atoms with Gasteiger partial charge in [-0.25, -0.2) is 4.39 Å². The molecule has 0 nitrogen and oxygen atoms in total. The molecule has 0 N–H and O–H groups in total. The van der Waals surface area contributed by atoms with Gasteiger partial charge in [0, 0.05) is 5.56 Å². The smallest absolute Gasteiger partial charge is 0.124 e. The zero-order valence-electron chi connectivity index (χ0n) is 7.19. The summed E-state index contributed by atoms with van der Waals surface area (Å²) in [7, 11) is 0. The average molecular weight is 161 g/mol. The zero-order valence-corrected chi connectivity index (χ0v) is 7.19. The second-order valence-corrected chi connectivity index (χ2v) is 2.87. The summed E-state index contributed by atoms with van der Waals surface area (Å²) in [6, 6.07) is 4.64. The van der Waals surface area contributed by atoms with Crippen LogP contribution in [0.25, 0.3) is 0 Å². The predicted octanol–water partition coefficient (Wildman–Crippen LogP) is 2.77. The van der Waals surface area contributed by atoms with E-state index in [2.05, 4.69) is 5.92 Å². The quantitative estimate of drug-likeness (QED) is 0.555. The molecule has 12 heavy (non-hydrogen) atoms. The van der Waals surface area contributed by atoms with Crippen molar-refractivity contribution in [3.63, 3.8) is 0 Å². The molecular formula is C11H10F. The average Bonchev–Trinajstić information content (AvgIpc) is 2.03. The highest BCUT2D eigenvalue weighted by atomic mass is 19.1. The van der Waals surface area contributed by atoms with Gasteiger partial charge in [-0.2, -0.15) is 0 Å². The summed E-state index contributed by atoms with van der Waals surface area (Å²) in [6.45, 7) is 3.85. The second kappa shape index (κ2) is 3.40. The van der Waals surface area contributed by atoms with Crippen LogP contribution in [0.4, 0.5) is 4.39 Å². The first-order valence-electron chi connectivity index (χ1n) is 3.71. The lowest BCUT2D eigenvalue weighted by Crippen LogP contribution is -1.91. The molecule has 0 saturated carbocycles. The largest absolute Gasteiger partial charge is 0.207 e. The van der Waals surface area contributed by atoms with Crippen LogP contribution in [0.5, 0.6) is 0 Å². The molecule has 0 unspecified atom stereocenters. The first kappa shape index (κ1) is 8.80. The Bertz CT molecular complexity index is 318. The second-order valence-electron chi connectivity index (χ2n) is 2.87. The molecule has 1 aromatic rings. The Balaban J connectivity index is 3.17. The first-order chi connectivity index (χ1) is 5.63. The molecular weight excluding hydrogens is 151 g/mol. The molecule has 0 aliphatic carbocycles. The summed E-state index contributed by atoms with van der Waals surface area (Å²) < 4.78 is 12.9. The molecule has 0 saturated heterocycles. The molecule has 1 radical (unpaired) electrons. The minimum absolute atomic E-state index is 0.276. The topological polar surface area (TPSA) is 0 Å². The lowest BCUT2D eigenvalue weighted by Gasteiger charge is -2.04. The Hall–Kier alpha value is -1.29. The standard InChI is InChI=1S/C11H10F/c1-4-9-5-10(8(2)3)7-11(12)6-9/h1,5-7H,2-3H3. The van der Waals surface area contributed by atoms with E-state index in [9.17, 15) is 4.39 Å². The van der Waals surface area contributed by atoms with Gasteiger partial charge in [0.25, 0.3) is 0 Å². The van der Waals surface area contributed by atoms with Crippen LogP contribution in [-0.4, -0.2) is 0 Å². The molecule has 61 valence electrons. The van der Waals surface area contributed by atoms with Crippen LogP contribution in [0.3, 0.4) is 0 Å². The molecule has 0 spiro atoms. The van der Waals surface area contributed by atoms with Gasteiger partial charge in [-0.15, -0.1) is 6.42 Å². The number of rotatable bonds is 1. The van der Waals surface area contributed by atoms with Crippen molar-refractivity contribution in [2.24, 2.45) is 0 Å². The highest BCUT2D eigenvalue weighted by Gasteiger charge is 2.02. The monoisotopic (exact) mass is 161 g/mol. The maximum absolute atomic E-state index is 12.9. The Morgan fingerprint density at radius 3 is 2.50 bits per heavy atom. The third-order valence-electron chi connectivity index (χ3n) is 1.64. The molecule has 0 atom stereocenters. The van der Waals surface area contributed by atoms with E-state index >= 15 is 0 Å². The van der Waals surface area contributed by atoms with Crippen molar-refractivity contribution >= 4 is 0 Å². The van der Waals surface area contributed by atoms with Gasteiger partial charge >= 0.3 is 0 Å². The van der Waals surface area contributed by atoms with E-state index in [0.29, 0.717) is 5.56 Å². The summed E-state index contributed by atoms with van der Waals surface area (Å²) in [5.74, 6) is 3.19. The highest BCUT2D eigenvalue weighted by Crippen LogP contribution is 2.16. The Morgan fingerprint density at radius 2 is 2.00 bits per heavy atom. The summed E-state index contributed by atoms with van der Waals surface area (Å²) in [5, 5.41) is 0. The number of benzene rings is 1. The number of halogens is 1. The Morgan fingerprint density at radius 1 is 1.33 bits per heavy atom.